The second-order valence-corrected chi connectivity index (χ2v) is 6.10. The zero-order valence-electron chi connectivity index (χ0n) is 16.3. The minimum atomic E-state index is -5.13. The van der Waals surface area contributed by atoms with Crippen LogP contribution in [0.4, 0.5) is 26.3 Å². The lowest BCUT2D eigenvalue weighted by atomic mass is 9.97. The molecule has 0 aliphatic carbocycles. The van der Waals surface area contributed by atoms with Crippen molar-refractivity contribution in [2.24, 2.45) is 0 Å². The van der Waals surface area contributed by atoms with Gasteiger partial charge in [-0.05, 0) is 30.2 Å². The van der Waals surface area contributed by atoms with Crippen LogP contribution in [0.2, 0.25) is 0 Å². The number of ether oxygens (including phenoxy) is 4. The van der Waals surface area contributed by atoms with Gasteiger partial charge < -0.3 is 23.8 Å². The van der Waals surface area contributed by atoms with E-state index in [-0.39, 0.29) is 17.5 Å². The second kappa shape index (κ2) is 9.83. The summed E-state index contributed by atoms with van der Waals surface area (Å²) in [5.74, 6) is -4.20. The van der Waals surface area contributed by atoms with Crippen LogP contribution in [0.3, 0.4) is 0 Å². The summed E-state index contributed by atoms with van der Waals surface area (Å²) >= 11 is 0. The van der Waals surface area contributed by atoms with Crippen LogP contribution in [0, 0.1) is 10.1 Å². The SMILES string of the molecule is CCc1cc(OC(F)(F)F)cc2c1O[C@H](C(F)(F)F)C(C(=O)OCOC(=O)CO[N+](=O)[O-])=C2. The van der Waals surface area contributed by atoms with Gasteiger partial charge in [0.05, 0.1) is 5.57 Å². The lowest BCUT2D eigenvalue weighted by Gasteiger charge is -2.29. The molecule has 0 saturated heterocycles. The molecule has 0 amide bonds. The Labute approximate surface area is 179 Å². The molecule has 0 fully saturated rings. The van der Waals surface area contributed by atoms with Crippen LogP contribution < -0.4 is 9.47 Å². The molecule has 0 aromatic heterocycles. The molecule has 0 unspecified atom stereocenters. The highest BCUT2D eigenvalue weighted by Crippen LogP contribution is 2.42. The highest BCUT2D eigenvalue weighted by Gasteiger charge is 2.49. The van der Waals surface area contributed by atoms with Gasteiger partial charge in [0, 0.05) is 5.56 Å². The number of nitrogens with zero attached hydrogens (tertiary/aromatic N) is 1. The van der Waals surface area contributed by atoms with Gasteiger partial charge in [-0.3, -0.25) is 0 Å². The summed E-state index contributed by atoms with van der Waals surface area (Å²) in [5.41, 5.74) is -1.53. The number of alkyl halides is 6. The molecule has 1 aliphatic rings. The molecule has 0 saturated carbocycles. The fourth-order valence-electron chi connectivity index (χ4n) is 2.60. The molecule has 1 atom stereocenters. The van der Waals surface area contributed by atoms with E-state index in [1.54, 1.807) is 0 Å². The quantitative estimate of drug-likeness (QED) is 0.178. The number of hydrogen-bond acceptors (Lipinski definition) is 9. The number of rotatable bonds is 8. The molecule has 182 valence electrons. The molecule has 1 heterocycles. The van der Waals surface area contributed by atoms with Gasteiger partial charge in [-0.1, -0.05) is 6.92 Å². The zero-order valence-corrected chi connectivity index (χ0v) is 16.3. The molecule has 1 aliphatic heterocycles. The normalized spacial score (nSPS) is 15.5. The molecule has 1 aromatic carbocycles. The van der Waals surface area contributed by atoms with Crippen LogP contribution in [-0.2, 0) is 30.3 Å². The van der Waals surface area contributed by atoms with Gasteiger partial charge >= 0.3 is 24.5 Å². The number of halogens is 6. The highest BCUT2D eigenvalue weighted by atomic mass is 19.4. The van der Waals surface area contributed by atoms with Crippen LogP contribution in [0.25, 0.3) is 6.08 Å². The number of aryl methyl sites for hydroxylation is 1. The van der Waals surface area contributed by atoms with E-state index in [0.717, 1.165) is 12.1 Å². The van der Waals surface area contributed by atoms with Crippen molar-refractivity contribution in [1.29, 1.82) is 0 Å². The molecule has 2 rings (SSSR count). The lowest BCUT2D eigenvalue weighted by Crippen LogP contribution is -2.41. The summed E-state index contributed by atoms with van der Waals surface area (Å²) in [7, 11) is 0. The van der Waals surface area contributed by atoms with Crippen LogP contribution in [0.15, 0.2) is 17.7 Å². The first-order valence-electron chi connectivity index (χ1n) is 8.69. The molecule has 0 spiro atoms. The van der Waals surface area contributed by atoms with Crippen LogP contribution in [0.1, 0.15) is 18.1 Å². The van der Waals surface area contributed by atoms with E-state index in [1.807, 2.05) is 0 Å². The molecule has 16 heteroatoms. The van der Waals surface area contributed by atoms with Crippen LogP contribution in [0.5, 0.6) is 11.5 Å². The predicted molar refractivity (Wildman–Crippen MR) is 90.9 cm³/mol. The van der Waals surface area contributed by atoms with Gasteiger partial charge in [-0.15, -0.1) is 23.3 Å². The van der Waals surface area contributed by atoms with E-state index in [4.69, 9.17) is 4.74 Å². The molecule has 1 aromatic rings. The average molecular weight is 489 g/mol. The topological polar surface area (TPSA) is 123 Å². The number of benzene rings is 1. The van der Waals surface area contributed by atoms with Crippen molar-refractivity contribution in [2.45, 2.75) is 32.0 Å². The van der Waals surface area contributed by atoms with E-state index in [1.165, 1.54) is 6.92 Å². The van der Waals surface area contributed by atoms with Crippen molar-refractivity contribution >= 4 is 18.0 Å². The molecular weight excluding hydrogens is 476 g/mol. The summed E-state index contributed by atoms with van der Waals surface area (Å²) in [6, 6.07) is 1.57. The maximum Gasteiger partial charge on any atom is 0.573 e. The van der Waals surface area contributed by atoms with Crippen molar-refractivity contribution in [1.82, 2.24) is 0 Å². The number of hydrogen-bond donors (Lipinski definition) is 0. The fourth-order valence-corrected chi connectivity index (χ4v) is 2.60. The first kappa shape index (κ1) is 25.5. The van der Waals surface area contributed by atoms with Crippen molar-refractivity contribution in [3.05, 3.63) is 38.9 Å². The Kier molecular flexibility index (Phi) is 7.60. The van der Waals surface area contributed by atoms with Gasteiger partial charge in [0.15, 0.2) is 6.61 Å². The van der Waals surface area contributed by atoms with Gasteiger partial charge in [0.25, 0.3) is 5.09 Å². The minimum Gasteiger partial charge on any atom is -0.475 e. The average Bonchev–Trinajstić information content (AvgIpc) is 2.68. The molecule has 0 bridgehead atoms. The van der Waals surface area contributed by atoms with Crippen molar-refractivity contribution in [3.8, 4) is 11.5 Å². The van der Waals surface area contributed by atoms with E-state index in [2.05, 4.69) is 19.0 Å². The largest absolute Gasteiger partial charge is 0.573 e. The Morgan fingerprint density at radius 2 is 1.82 bits per heavy atom. The molecule has 33 heavy (non-hydrogen) atoms. The number of esters is 2. The Hall–Kier alpha value is -3.72. The highest BCUT2D eigenvalue weighted by molar-refractivity contribution is 5.96. The van der Waals surface area contributed by atoms with Gasteiger partial charge in [-0.2, -0.15) is 13.2 Å². The van der Waals surface area contributed by atoms with Gasteiger partial charge in [-0.25, -0.2) is 9.59 Å². The number of fused-ring (bicyclic) bond motifs is 1. The Morgan fingerprint density at radius 1 is 1.15 bits per heavy atom. The maximum absolute atomic E-state index is 13.5. The van der Waals surface area contributed by atoms with E-state index >= 15 is 0 Å². The van der Waals surface area contributed by atoms with E-state index in [9.17, 15) is 46.0 Å². The van der Waals surface area contributed by atoms with Crippen LogP contribution >= 0.6 is 0 Å². The molecule has 0 N–H and O–H groups in total. The molecule has 10 nitrogen and oxygen atoms in total. The van der Waals surface area contributed by atoms with Gasteiger partial charge in [0.1, 0.15) is 11.5 Å². The molecular formula is C17H13F6NO9. The summed E-state index contributed by atoms with van der Waals surface area (Å²) < 4.78 is 95.5. The number of carbonyl (C=O) groups excluding carboxylic acids is 2. The number of carbonyl (C=O) groups is 2. The summed E-state index contributed by atoms with van der Waals surface area (Å²) in [5, 5.41) is 8.65. The predicted octanol–water partition coefficient (Wildman–Crippen LogP) is 3.11. The maximum atomic E-state index is 13.5. The standard InChI is InChI=1S/C17H13F6NO9/c1-2-8-3-10(33-17(21,22)23)4-9-5-11(14(16(18,19)20)32-13(8)9)15(26)30-7-29-12(25)6-31-24(27)28/h3-5,14H,2,6-7H2,1H3/t14-/m0/s1. The molecule has 0 radical (unpaired) electrons. The fraction of sp³-hybridized carbons (Fsp3) is 0.412. The van der Waals surface area contributed by atoms with E-state index in [0.29, 0.717) is 6.08 Å². The summed E-state index contributed by atoms with van der Waals surface area (Å²) in [4.78, 5) is 37.0. The lowest BCUT2D eigenvalue weighted by molar-refractivity contribution is -0.754. The minimum absolute atomic E-state index is 0.0300. The first-order chi connectivity index (χ1) is 15.2. The third-order valence-corrected chi connectivity index (χ3v) is 3.84. The third kappa shape index (κ3) is 7.15. The second-order valence-electron chi connectivity index (χ2n) is 6.10. The van der Waals surface area contributed by atoms with E-state index < -0.39 is 66.1 Å². The zero-order chi connectivity index (χ0) is 25.0. The summed E-state index contributed by atoms with van der Waals surface area (Å²) in [6.07, 6.45) is -12.5. The smallest absolute Gasteiger partial charge is 0.475 e. The Balaban J connectivity index is 2.30. The van der Waals surface area contributed by atoms with Crippen LogP contribution in [-0.4, -0.2) is 49.1 Å². The van der Waals surface area contributed by atoms with Gasteiger partial charge in [0.2, 0.25) is 12.9 Å². The van der Waals surface area contributed by atoms with Crippen molar-refractivity contribution in [3.63, 3.8) is 0 Å². The first-order valence-corrected chi connectivity index (χ1v) is 8.69. The van der Waals surface area contributed by atoms with Crippen molar-refractivity contribution < 1.29 is 64.8 Å². The Morgan fingerprint density at radius 3 is 2.36 bits per heavy atom. The van der Waals surface area contributed by atoms with Crippen molar-refractivity contribution in [2.75, 3.05) is 13.4 Å². The third-order valence-electron chi connectivity index (χ3n) is 3.84. The Bertz CT molecular complexity index is 958. The summed E-state index contributed by atoms with van der Waals surface area (Å²) in [6.45, 7) is -0.953. The monoisotopic (exact) mass is 489 g/mol.